The van der Waals surface area contributed by atoms with E-state index in [2.05, 4.69) is 88.6 Å². The Balaban J connectivity index is 0.000000324. The Morgan fingerprint density at radius 2 is 0.895 bits per heavy atom. The molecule has 19 heavy (non-hydrogen) atoms. The van der Waals surface area contributed by atoms with E-state index in [4.69, 9.17) is 0 Å². The number of aryl methyl sites for hydroxylation is 2. The molecule has 0 unspecified atom stereocenters. The van der Waals surface area contributed by atoms with Crippen LogP contribution in [0.3, 0.4) is 0 Å². The van der Waals surface area contributed by atoms with Gasteiger partial charge in [0.25, 0.3) is 0 Å². The third-order valence-electron chi connectivity index (χ3n) is 2.35. The van der Waals surface area contributed by atoms with Crippen molar-refractivity contribution in [3.05, 3.63) is 47.5 Å². The number of hydrogen-bond acceptors (Lipinski definition) is 0. The van der Waals surface area contributed by atoms with E-state index in [-0.39, 0.29) is 16.5 Å². The van der Waals surface area contributed by atoms with Crippen LogP contribution in [0.25, 0.3) is 0 Å². The first-order valence-electron chi connectivity index (χ1n) is 5.48. The van der Waals surface area contributed by atoms with Crippen molar-refractivity contribution < 1.29 is 16.5 Å². The van der Waals surface area contributed by atoms with Gasteiger partial charge in [0.2, 0.25) is 19.6 Å². The minimum absolute atomic E-state index is 0. The first-order valence-corrected chi connectivity index (χ1v) is 7.48. The molecule has 0 aromatic heterocycles. The Hall–Kier alpha value is 0.334. The zero-order chi connectivity index (χ0) is 13.7. The van der Waals surface area contributed by atoms with Crippen LogP contribution in [0.15, 0.2) is 56.0 Å². The third kappa shape index (κ3) is 7.05. The Kier molecular flexibility index (Phi) is 9.47. The summed E-state index contributed by atoms with van der Waals surface area (Å²) >= 11 is 13.7. The van der Waals surface area contributed by atoms with E-state index in [1.807, 2.05) is 12.1 Å². The minimum atomic E-state index is 0. The van der Waals surface area contributed by atoms with Gasteiger partial charge in [-0.25, -0.2) is 0 Å². The number of hydrogen-bond donors (Lipinski definition) is 0. The van der Waals surface area contributed by atoms with Gasteiger partial charge >= 0.3 is 16.5 Å². The molecule has 0 saturated heterocycles. The van der Waals surface area contributed by atoms with Gasteiger partial charge < -0.3 is 0 Å². The van der Waals surface area contributed by atoms with Gasteiger partial charge in [0.15, 0.2) is 0 Å². The van der Waals surface area contributed by atoms with E-state index in [0.717, 1.165) is 19.6 Å². The summed E-state index contributed by atoms with van der Waals surface area (Å²) in [5.41, 5.74) is 2.53. The molecule has 0 aliphatic carbocycles. The molecule has 5 heteroatoms. The first kappa shape index (κ1) is 19.3. The Bertz CT molecular complexity index is 491. The molecule has 2 aromatic rings. The Labute approximate surface area is 147 Å². The average Bonchev–Trinajstić information content (AvgIpc) is 2.30. The van der Waals surface area contributed by atoms with E-state index >= 15 is 0 Å². The summed E-state index contributed by atoms with van der Waals surface area (Å²) in [5.74, 6) is 0. The molecule has 103 valence electrons. The molecule has 0 N–H and O–H groups in total. The zero-order valence-corrected chi connectivity index (χ0v) is 15.8. The molecule has 2 aromatic carbocycles. The SMILES string of the molecule is Cc1ccc([SH2+])c([SH2+])c1.Cc1ccc([SH2+])c([SH2+])c1.[Ni+3]. The fourth-order valence-electron chi connectivity index (χ4n) is 1.32. The number of benzene rings is 2. The van der Waals surface area contributed by atoms with Crippen molar-refractivity contribution >= 4 is 50.5 Å². The minimum Gasteiger partial charge on any atom is -0.0540 e. The fraction of sp³-hybridized carbons (Fsp3) is 0.143. The van der Waals surface area contributed by atoms with Crippen LogP contribution >= 0.6 is 0 Å². The maximum atomic E-state index is 3.45. The molecule has 0 heterocycles. The first-order chi connectivity index (χ1) is 8.40. The van der Waals surface area contributed by atoms with Crippen LogP contribution in [-0.2, 0) is 67.0 Å². The van der Waals surface area contributed by atoms with Crippen molar-refractivity contribution in [2.45, 2.75) is 33.4 Å². The quantitative estimate of drug-likeness (QED) is 0.483. The topological polar surface area (TPSA) is 0 Å². The van der Waals surface area contributed by atoms with Crippen molar-refractivity contribution in [2.75, 3.05) is 0 Å². The van der Waals surface area contributed by atoms with Gasteiger partial charge in [-0.3, -0.25) is 0 Å². The maximum absolute atomic E-state index is 3.45. The Morgan fingerprint density at radius 1 is 0.579 bits per heavy atom. The third-order valence-corrected chi connectivity index (χ3v) is 4.55. The van der Waals surface area contributed by atoms with Gasteiger partial charge in [-0.05, 0) is 87.6 Å². The summed E-state index contributed by atoms with van der Waals surface area (Å²) in [5, 5.41) is 0. The second-order valence-corrected chi connectivity index (χ2v) is 6.25. The Morgan fingerprint density at radius 3 is 1.11 bits per heavy atom. The molecule has 0 amide bonds. The molecule has 0 atom stereocenters. The van der Waals surface area contributed by atoms with Crippen LogP contribution in [0.2, 0.25) is 0 Å². The summed E-state index contributed by atoms with van der Waals surface area (Å²) in [4.78, 5) is 4.40. The van der Waals surface area contributed by atoms with E-state index in [1.54, 1.807) is 0 Å². The largest absolute Gasteiger partial charge is 3.00 e. The molecule has 0 spiro atoms. The standard InChI is InChI=1S/2C7H8S2.Ni/c2*1-5-2-3-6(8)7(9)4-5;/h2*2-4,8-9H,1H3;/q;;+3/p+4. The van der Waals surface area contributed by atoms with Crippen molar-refractivity contribution in [1.82, 2.24) is 0 Å². The monoisotopic (exact) mass is 374 g/mol. The second kappa shape index (κ2) is 9.30. The van der Waals surface area contributed by atoms with E-state index in [0.29, 0.717) is 0 Å². The summed E-state index contributed by atoms with van der Waals surface area (Å²) in [6.45, 7) is 4.13. The van der Waals surface area contributed by atoms with E-state index in [9.17, 15) is 0 Å². The van der Waals surface area contributed by atoms with Crippen molar-refractivity contribution in [3.63, 3.8) is 0 Å². The van der Waals surface area contributed by atoms with Gasteiger partial charge in [0, 0.05) is 12.1 Å². The molecule has 0 aliphatic heterocycles. The summed E-state index contributed by atoms with van der Waals surface area (Å²) < 4.78 is 0. The molecule has 0 bridgehead atoms. The molecule has 0 fully saturated rings. The normalized spacial score (nSPS) is 9.16. The van der Waals surface area contributed by atoms with Crippen molar-refractivity contribution in [2.24, 2.45) is 0 Å². The molecular weight excluding hydrogens is 355 g/mol. The zero-order valence-electron chi connectivity index (χ0n) is 10.8. The smallest absolute Gasteiger partial charge is 0.0540 e. The second-order valence-electron chi connectivity index (χ2n) is 4.10. The molecule has 0 aliphatic rings. The van der Waals surface area contributed by atoms with Crippen LogP contribution in [0, 0.1) is 13.8 Å². The van der Waals surface area contributed by atoms with Gasteiger partial charge in [-0.1, -0.05) is 12.1 Å². The molecule has 0 saturated carbocycles. The summed E-state index contributed by atoms with van der Waals surface area (Å²) in [6, 6.07) is 12.3. The predicted octanol–water partition coefficient (Wildman–Crippen LogP) is 1.47. The molecule has 1 radical (unpaired) electrons. The van der Waals surface area contributed by atoms with E-state index in [1.165, 1.54) is 11.1 Å². The van der Waals surface area contributed by atoms with Crippen LogP contribution in [0.1, 0.15) is 11.1 Å². The van der Waals surface area contributed by atoms with Crippen LogP contribution in [0.4, 0.5) is 0 Å². The van der Waals surface area contributed by atoms with Gasteiger partial charge in [0.05, 0.1) is 0 Å². The molecule has 2 rings (SSSR count). The molecule has 0 nitrogen and oxygen atoms in total. The summed E-state index contributed by atoms with van der Waals surface area (Å²) in [7, 11) is 0. The average molecular weight is 375 g/mol. The van der Waals surface area contributed by atoms with Crippen molar-refractivity contribution in [1.29, 1.82) is 0 Å². The van der Waals surface area contributed by atoms with Crippen molar-refractivity contribution in [3.8, 4) is 0 Å². The van der Waals surface area contributed by atoms with Gasteiger partial charge in [0.1, 0.15) is 0 Å². The van der Waals surface area contributed by atoms with Gasteiger partial charge in [-0.2, -0.15) is 0 Å². The van der Waals surface area contributed by atoms with Crippen LogP contribution in [0.5, 0.6) is 0 Å². The van der Waals surface area contributed by atoms with Crippen LogP contribution in [-0.4, -0.2) is 0 Å². The molecular formula is C14H20NiS4+7. The van der Waals surface area contributed by atoms with Gasteiger partial charge in [-0.15, -0.1) is 0 Å². The fourth-order valence-corrected chi connectivity index (χ4v) is 2.25. The predicted molar refractivity (Wildman–Crippen MR) is 96.0 cm³/mol. The number of rotatable bonds is 0. The van der Waals surface area contributed by atoms with E-state index < -0.39 is 0 Å². The summed E-state index contributed by atoms with van der Waals surface area (Å²) in [6.07, 6.45) is 0. The van der Waals surface area contributed by atoms with Crippen LogP contribution < -0.4 is 0 Å². The maximum Gasteiger partial charge on any atom is 3.00 e.